The number of ether oxygens (including phenoxy) is 1. The van der Waals surface area contributed by atoms with Crippen LogP contribution in [0.3, 0.4) is 0 Å². The van der Waals surface area contributed by atoms with E-state index in [0.717, 1.165) is 25.2 Å². The molecule has 2 aromatic rings. The fourth-order valence-electron chi connectivity index (χ4n) is 3.30. The Kier molecular flexibility index (Phi) is 3.77. The van der Waals surface area contributed by atoms with Gasteiger partial charge in [-0.05, 0) is 73.4 Å². The highest BCUT2D eigenvalue weighted by Gasteiger charge is 2.21. The van der Waals surface area contributed by atoms with Gasteiger partial charge in [-0.1, -0.05) is 30.3 Å². The van der Waals surface area contributed by atoms with E-state index in [-0.39, 0.29) is 0 Å². The summed E-state index contributed by atoms with van der Waals surface area (Å²) in [6.45, 7) is 5.00. The van der Waals surface area contributed by atoms with Crippen molar-refractivity contribution < 1.29 is 4.74 Å². The van der Waals surface area contributed by atoms with Crippen molar-refractivity contribution in [1.82, 2.24) is 0 Å². The highest BCUT2D eigenvalue weighted by atomic mass is 16.5. The van der Waals surface area contributed by atoms with E-state index in [4.69, 9.17) is 4.74 Å². The van der Waals surface area contributed by atoms with Crippen LogP contribution in [-0.4, -0.2) is 6.61 Å². The van der Waals surface area contributed by atoms with Crippen molar-refractivity contribution in [2.24, 2.45) is 0 Å². The van der Waals surface area contributed by atoms with Crippen LogP contribution in [0.5, 0.6) is 5.75 Å². The van der Waals surface area contributed by atoms with Gasteiger partial charge < -0.3 is 4.74 Å². The van der Waals surface area contributed by atoms with E-state index in [2.05, 4.69) is 49.4 Å². The Labute approximate surface area is 121 Å². The summed E-state index contributed by atoms with van der Waals surface area (Å²) in [5, 5.41) is 0. The molecule has 0 heterocycles. The maximum atomic E-state index is 5.60. The van der Waals surface area contributed by atoms with Gasteiger partial charge in [0.15, 0.2) is 0 Å². The minimum Gasteiger partial charge on any atom is -0.494 e. The van der Waals surface area contributed by atoms with E-state index in [0.29, 0.717) is 5.92 Å². The second kappa shape index (κ2) is 5.70. The Bertz CT molecular complexity index is 600. The number of rotatable bonds is 3. The molecule has 104 valence electrons. The first-order chi connectivity index (χ1) is 9.78. The number of hydrogen-bond acceptors (Lipinski definition) is 1. The van der Waals surface area contributed by atoms with Gasteiger partial charge in [-0.15, -0.1) is 0 Å². The molecule has 0 bridgehead atoms. The first-order valence-electron chi connectivity index (χ1n) is 7.58. The normalized spacial score (nSPS) is 17.6. The Balaban J connectivity index is 1.84. The molecule has 1 unspecified atom stereocenters. The quantitative estimate of drug-likeness (QED) is 0.784. The second-order valence-electron chi connectivity index (χ2n) is 5.66. The molecule has 0 fully saturated rings. The lowest BCUT2D eigenvalue weighted by molar-refractivity contribution is 0.339. The zero-order chi connectivity index (χ0) is 13.9. The Hall–Kier alpha value is -1.76. The molecule has 0 amide bonds. The molecule has 1 atom stereocenters. The van der Waals surface area contributed by atoms with Crippen molar-refractivity contribution in [2.75, 3.05) is 6.61 Å². The van der Waals surface area contributed by atoms with Gasteiger partial charge >= 0.3 is 0 Å². The monoisotopic (exact) mass is 266 g/mol. The van der Waals surface area contributed by atoms with Crippen molar-refractivity contribution in [1.29, 1.82) is 0 Å². The smallest absolute Gasteiger partial charge is 0.119 e. The van der Waals surface area contributed by atoms with Gasteiger partial charge in [0.1, 0.15) is 5.75 Å². The van der Waals surface area contributed by atoms with E-state index in [9.17, 15) is 0 Å². The van der Waals surface area contributed by atoms with Crippen molar-refractivity contribution in [3.8, 4) is 5.75 Å². The van der Waals surface area contributed by atoms with E-state index >= 15 is 0 Å². The van der Waals surface area contributed by atoms with Gasteiger partial charge in [-0.25, -0.2) is 0 Å². The zero-order valence-corrected chi connectivity index (χ0v) is 12.4. The Morgan fingerprint density at radius 2 is 1.95 bits per heavy atom. The lowest BCUT2D eigenvalue weighted by atomic mass is 9.79. The van der Waals surface area contributed by atoms with Crippen LogP contribution >= 0.6 is 0 Å². The topological polar surface area (TPSA) is 9.23 Å². The second-order valence-corrected chi connectivity index (χ2v) is 5.66. The fraction of sp³-hybridized carbons (Fsp3) is 0.368. The van der Waals surface area contributed by atoms with Crippen LogP contribution in [0.25, 0.3) is 0 Å². The molecule has 0 spiro atoms. The summed E-state index contributed by atoms with van der Waals surface area (Å²) in [4.78, 5) is 0. The van der Waals surface area contributed by atoms with Crippen LogP contribution in [-0.2, 0) is 12.8 Å². The van der Waals surface area contributed by atoms with Gasteiger partial charge in [0.2, 0.25) is 0 Å². The van der Waals surface area contributed by atoms with E-state index in [1.165, 1.54) is 28.7 Å². The summed E-state index contributed by atoms with van der Waals surface area (Å²) in [6.07, 6.45) is 3.56. The highest BCUT2D eigenvalue weighted by Crippen LogP contribution is 2.35. The lowest BCUT2D eigenvalue weighted by Gasteiger charge is -2.26. The van der Waals surface area contributed by atoms with Gasteiger partial charge in [-0.2, -0.15) is 0 Å². The fourth-order valence-corrected chi connectivity index (χ4v) is 3.30. The van der Waals surface area contributed by atoms with Crippen LogP contribution < -0.4 is 4.74 Å². The predicted molar refractivity (Wildman–Crippen MR) is 83.6 cm³/mol. The molecule has 0 aromatic heterocycles. The summed E-state index contributed by atoms with van der Waals surface area (Å²) in [7, 11) is 0. The Morgan fingerprint density at radius 3 is 2.75 bits per heavy atom. The number of hydrogen-bond donors (Lipinski definition) is 0. The van der Waals surface area contributed by atoms with Gasteiger partial charge in [0.05, 0.1) is 6.61 Å². The minimum atomic E-state index is 0.668. The number of aryl methyl sites for hydroxylation is 2. The third-order valence-corrected chi connectivity index (χ3v) is 4.35. The molecule has 2 aromatic carbocycles. The Morgan fingerprint density at radius 1 is 1.10 bits per heavy atom. The summed E-state index contributed by atoms with van der Waals surface area (Å²) in [5.41, 5.74) is 5.91. The van der Waals surface area contributed by atoms with Crippen molar-refractivity contribution in [2.45, 2.75) is 39.0 Å². The average molecular weight is 266 g/mol. The van der Waals surface area contributed by atoms with Crippen LogP contribution in [0.15, 0.2) is 42.5 Å². The first-order valence-corrected chi connectivity index (χ1v) is 7.58. The van der Waals surface area contributed by atoms with Crippen LogP contribution in [0.2, 0.25) is 0 Å². The van der Waals surface area contributed by atoms with Crippen molar-refractivity contribution in [3.63, 3.8) is 0 Å². The molecule has 1 aliphatic rings. The third-order valence-electron chi connectivity index (χ3n) is 4.35. The molecular formula is C19H22O. The summed E-state index contributed by atoms with van der Waals surface area (Å²) in [6, 6.07) is 15.4. The summed E-state index contributed by atoms with van der Waals surface area (Å²) in [5.74, 6) is 1.68. The molecule has 0 radical (unpaired) electrons. The molecule has 1 heteroatoms. The minimum absolute atomic E-state index is 0.668. The van der Waals surface area contributed by atoms with E-state index in [1.807, 2.05) is 6.92 Å². The molecule has 0 saturated carbocycles. The molecule has 0 N–H and O–H groups in total. The average Bonchev–Trinajstić information content (AvgIpc) is 2.48. The molecular weight excluding hydrogens is 244 g/mol. The van der Waals surface area contributed by atoms with Crippen LogP contribution in [0.4, 0.5) is 0 Å². The number of benzene rings is 2. The summed E-state index contributed by atoms with van der Waals surface area (Å²) < 4.78 is 5.60. The maximum Gasteiger partial charge on any atom is 0.119 e. The van der Waals surface area contributed by atoms with Crippen molar-refractivity contribution in [3.05, 3.63) is 64.7 Å². The highest BCUT2D eigenvalue weighted by molar-refractivity contribution is 5.40. The third kappa shape index (κ3) is 2.58. The maximum absolute atomic E-state index is 5.60. The van der Waals surface area contributed by atoms with E-state index in [1.54, 1.807) is 0 Å². The summed E-state index contributed by atoms with van der Waals surface area (Å²) >= 11 is 0. The first kappa shape index (κ1) is 13.2. The van der Waals surface area contributed by atoms with E-state index < -0.39 is 0 Å². The molecule has 3 rings (SSSR count). The van der Waals surface area contributed by atoms with Crippen molar-refractivity contribution >= 4 is 0 Å². The molecule has 1 aliphatic carbocycles. The molecule has 0 saturated heterocycles. The standard InChI is InChI=1S/C19H22O/c1-3-20-18-11-10-15-12-17(9-8-16(15)13-18)19-7-5-4-6-14(19)2/h4-7,10-11,13,17H,3,8-9,12H2,1-2H3. The molecule has 1 nitrogen and oxygen atoms in total. The number of fused-ring (bicyclic) bond motifs is 1. The molecule has 0 aliphatic heterocycles. The lowest BCUT2D eigenvalue weighted by Crippen LogP contribution is -2.13. The SMILES string of the molecule is CCOc1ccc2c(c1)CCC(c1ccccc1C)C2. The van der Waals surface area contributed by atoms with Crippen LogP contribution in [0.1, 0.15) is 41.5 Å². The molecule has 20 heavy (non-hydrogen) atoms. The van der Waals surface area contributed by atoms with Crippen LogP contribution in [0, 0.1) is 6.92 Å². The van der Waals surface area contributed by atoms with Gasteiger partial charge in [0.25, 0.3) is 0 Å². The largest absolute Gasteiger partial charge is 0.494 e. The predicted octanol–water partition coefficient (Wildman–Crippen LogP) is 4.67. The zero-order valence-electron chi connectivity index (χ0n) is 12.4. The van der Waals surface area contributed by atoms with Gasteiger partial charge in [0, 0.05) is 0 Å². The van der Waals surface area contributed by atoms with Gasteiger partial charge in [-0.3, -0.25) is 0 Å².